The fourth-order valence-corrected chi connectivity index (χ4v) is 3.32. The fourth-order valence-electron chi connectivity index (χ4n) is 3.32. The van der Waals surface area contributed by atoms with Gasteiger partial charge in [0.05, 0.1) is 17.5 Å². The number of anilines is 1. The molecule has 0 radical (unpaired) electrons. The Kier molecular flexibility index (Phi) is 4.55. The standard InChI is InChI=1S/C22H14F2N4O3/c23-13-7-8-17(16(24)10-13)25-20(29)12-28-11-15(14-4-1-2-5-18(14)28)21-26-27-22(31-21)19-6-3-9-30-19/h1-11H,12H2,(H,25,29). The lowest BCUT2D eigenvalue weighted by Gasteiger charge is -2.08. The van der Waals surface area contributed by atoms with Crippen LogP contribution in [0.3, 0.4) is 0 Å². The summed E-state index contributed by atoms with van der Waals surface area (Å²) in [5.41, 5.74) is 1.30. The molecule has 0 aliphatic rings. The van der Waals surface area contributed by atoms with Crippen molar-refractivity contribution in [2.45, 2.75) is 6.54 Å². The van der Waals surface area contributed by atoms with Crippen molar-refractivity contribution in [1.82, 2.24) is 14.8 Å². The van der Waals surface area contributed by atoms with Crippen LogP contribution in [0.4, 0.5) is 14.5 Å². The SMILES string of the molecule is O=C(Cn1cc(-c2nnc(-c3ccco3)o2)c2ccccc21)Nc1ccc(F)cc1F. The molecular weight excluding hydrogens is 406 g/mol. The molecule has 0 bridgehead atoms. The third-order valence-electron chi connectivity index (χ3n) is 4.70. The first-order chi connectivity index (χ1) is 15.1. The number of hydrogen-bond acceptors (Lipinski definition) is 5. The lowest BCUT2D eigenvalue weighted by atomic mass is 10.2. The van der Waals surface area contributed by atoms with E-state index < -0.39 is 17.5 Å². The number of carbonyl (C=O) groups is 1. The van der Waals surface area contributed by atoms with E-state index in [9.17, 15) is 13.6 Å². The Bertz CT molecular complexity index is 1390. The number of carbonyl (C=O) groups excluding carboxylic acids is 1. The molecule has 5 rings (SSSR count). The molecule has 0 saturated carbocycles. The van der Waals surface area contributed by atoms with Gasteiger partial charge in [-0.3, -0.25) is 4.79 Å². The Morgan fingerprint density at radius 1 is 1.03 bits per heavy atom. The summed E-state index contributed by atoms with van der Waals surface area (Å²) in [7, 11) is 0. The summed E-state index contributed by atoms with van der Waals surface area (Å²) in [5.74, 6) is -1.08. The molecule has 7 nitrogen and oxygen atoms in total. The molecule has 0 unspecified atom stereocenters. The van der Waals surface area contributed by atoms with E-state index >= 15 is 0 Å². The molecule has 5 aromatic rings. The minimum Gasteiger partial charge on any atom is -0.459 e. The molecule has 1 N–H and O–H groups in total. The molecule has 0 aliphatic heterocycles. The van der Waals surface area contributed by atoms with Crippen LogP contribution in [-0.2, 0) is 11.3 Å². The summed E-state index contributed by atoms with van der Waals surface area (Å²) in [6, 6.07) is 13.8. The second kappa shape index (κ2) is 7.52. The number of rotatable bonds is 5. The van der Waals surface area contributed by atoms with Crippen LogP contribution in [0.2, 0.25) is 0 Å². The van der Waals surface area contributed by atoms with Crippen molar-refractivity contribution in [3.8, 4) is 23.1 Å². The minimum absolute atomic E-state index is 0.0944. The number of aromatic nitrogens is 3. The van der Waals surface area contributed by atoms with Crippen molar-refractivity contribution in [1.29, 1.82) is 0 Å². The van der Waals surface area contributed by atoms with E-state index in [1.165, 1.54) is 12.3 Å². The summed E-state index contributed by atoms with van der Waals surface area (Å²) >= 11 is 0. The van der Waals surface area contributed by atoms with Crippen LogP contribution >= 0.6 is 0 Å². The zero-order valence-electron chi connectivity index (χ0n) is 15.9. The van der Waals surface area contributed by atoms with Gasteiger partial charge in [0.25, 0.3) is 5.89 Å². The minimum atomic E-state index is -0.845. The van der Waals surface area contributed by atoms with Crippen molar-refractivity contribution in [3.05, 3.63) is 78.7 Å². The van der Waals surface area contributed by atoms with E-state index in [-0.39, 0.29) is 24.0 Å². The van der Waals surface area contributed by atoms with Gasteiger partial charge in [0.15, 0.2) is 5.76 Å². The van der Waals surface area contributed by atoms with E-state index in [0.717, 1.165) is 17.0 Å². The molecule has 1 amide bonds. The third kappa shape index (κ3) is 3.57. The van der Waals surface area contributed by atoms with Gasteiger partial charge in [-0.05, 0) is 30.3 Å². The normalized spacial score (nSPS) is 11.2. The van der Waals surface area contributed by atoms with E-state index in [1.54, 1.807) is 22.9 Å². The molecule has 154 valence electrons. The lowest BCUT2D eigenvalue weighted by molar-refractivity contribution is -0.116. The highest BCUT2D eigenvalue weighted by Gasteiger charge is 2.19. The van der Waals surface area contributed by atoms with Gasteiger partial charge in [-0.15, -0.1) is 10.2 Å². The Balaban J connectivity index is 1.46. The van der Waals surface area contributed by atoms with Crippen molar-refractivity contribution < 1.29 is 22.4 Å². The maximum Gasteiger partial charge on any atom is 0.283 e. The van der Waals surface area contributed by atoms with Gasteiger partial charge < -0.3 is 18.7 Å². The molecule has 9 heteroatoms. The van der Waals surface area contributed by atoms with Gasteiger partial charge >= 0.3 is 0 Å². The van der Waals surface area contributed by atoms with Crippen molar-refractivity contribution in [2.24, 2.45) is 0 Å². The van der Waals surface area contributed by atoms with Crippen molar-refractivity contribution in [3.63, 3.8) is 0 Å². The van der Waals surface area contributed by atoms with Gasteiger partial charge in [-0.25, -0.2) is 8.78 Å². The molecule has 31 heavy (non-hydrogen) atoms. The maximum atomic E-state index is 13.9. The molecule has 0 atom stereocenters. The number of hydrogen-bond donors (Lipinski definition) is 1. The third-order valence-corrected chi connectivity index (χ3v) is 4.70. The lowest BCUT2D eigenvalue weighted by Crippen LogP contribution is -2.19. The van der Waals surface area contributed by atoms with Crippen LogP contribution in [0.15, 0.2) is 75.9 Å². The van der Waals surface area contributed by atoms with Gasteiger partial charge in [0, 0.05) is 23.2 Å². The summed E-state index contributed by atoms with van der Waals surface area (Å²) < 4.78 is 39.6. The number of nitrogens with zero attached hydrogens (tertiary/aromatic N) is 3. The summed E-state index contributed by atoms with van der Waals surface area (Å²) in [5, 5.41) is 11.4. The summed E-state index contributed by atoms with van der Waals surface area (Å²) in [4.78, 5) is 12.5. The van der Waals surface area contributed by atoms with Crippen LogP contribution in [0, 0.1) is 11.6 Å². The first kappa shape index (κ1) is 18.7. The average molecular weight is 420 g/mol. The quantitative estimate of drug-likeness (QED) is 0.439. The zero-order chi connectivity index (χ0) is 21.4. The largest absolute Gasteiger partial charge is 0.459 e. The van der Waals surface area contributed by atoms with Crippen LogP contribution in [0.25, 0.3) is 34.0 Å². The summed E-state index contributed by atoms with van der Waals surface area (Å²) in [6.45, 7) is -0.101. The first-order valence-electron chi connectivity index (χ1n) is 9.29. The highest BCUT2D eigenvalue weighted by atomic mass is 19.1. The molecule has 2 aromatic carbocycles. The molecule has 0 spiro atoms. The second-order valence-electron chi connectivity index (χ2n) is 6.75. The van der Waals surface area contributed by atoms with Gasteiger partial charge in [-0.1, -0.05) is 18.2 Å². The Morgan fingerprint density at radius 2 is 1.87 bits per heavy atom. The maximum absolute atomic E-state index is 13.9. The molecule has 0 fully saturated rings. The predicted octanol–water partition coefficient (Wildman–Crippen LogP) is 4.87. The smallest absolute Gasteiger partial charge is 0.283 e. The van der Waals surface area contributed by atoms with Crippen LogP contribution < -0.4 is 5.32 Å². The van der Waals surface area contributed by atoms with E-state index in [4.69, 9.17) is 8.83 Å². The zero-order valence-corrected chi connectivity index (χ0v) is 15.9. The number of amides is 1. The average Bonchev–Trinajstić information content (AvgIpc) is 3.50. The Morgan fingerprint density at radius 3 is 2.68 bits per heavy atom. The summed E-state index contributed by atoms with van der Waals surface area (Å²) in [6.07, 6.45) is 3.22. The van der Waals surface area contributed by atoms with Gasteiger partial charge in [-0.2, -0.15) is 0 Å². The molecule has 3 aromatic heterocycles. The number of nitrogens with one attached hydrogen (secondary N) is 1. The van der Waals surface area contributed by atoms with Gasteiger partial charge in [0.1, 0.15) is 18.2 Å². The first-order valence-corrected chi connectivity index (χ1v) is 9.29. The highest BCUT2D eigenvalue weighted by Crippen LogP contribution is 2.31. The predicted molar refractivity (Wildman–Crippen MR) is 108 cm³/mol. The Hall–Kier alpha value is -4.27. The van der Waals surface area contributed by atoms with Gasteiger partial charge in [0.2, 0.25) is 11.8 Å². The molecular formula is C22H14F2N4O3. The molecule has 3 heterocycles. The Labute approximate surface area is 173 Å². The second-order valence-corrected chi connectivity index (χ2v) is 6.75. The molecule has 0 saturated heterocycles. The van der Waals surface area contributed by atoms with E-state index in [2.05, 4.69) is 15.5 Å². The number of furan rings is 1. The number of para-hydroxylation sites is 1. The number of halogens is 2. The molecule has 0 aliphatic carbocycles. The number of benzene rings is 2. The van der Waals surface area contributed by atoms with Crippen LogP contribution in [0.1, 0.15) is 0 Å². The van der Waals surface area contributed by atoms with Crippen LogP contribution in [-0.4, -0.2) is 20.7 Å². The van der Waals surface area contributed by atoms with Crippen molar-refractivity contribution >= 4 is 22.5 Å². The topological polar surface area (TPSA) is 86.1 Å². The van der Waals surface area contributed by atoms with E-state index in [1.807, 2.05) is 24.3 Å². The fraction of sp³-hybridized carbons (Fsp3) is 0.0455. The van der Waals surface area contributed by atoms with Crippen molar-refractivity contribution in [2.75, 3.05) is 5.32 Å². The van der Waals surface area contributed by atoms with Crippen LogP contribution in [0.5, 0.6) is 0 Å². The van der Waals surface area contributed by atoms with E-state index in [0.29, 0.717) is 17.4 Å². The highest BCUT2D eigenvalue weighted by molar-refractivity contribution is 5.96. The number of fused-ring (bicyclic) bond motifs is 1. The monoisotopic (exact) mass is 420 g/mol.